The average molecular weight is 264 g/mol. The van der Waals surface area contributed by atoms with Gasteiger partial charge in [-0.25, -0.2) is 0 Å². The van der Waals surface area contributed by atoms with Gasteiger partial charge in [0, 0.05) is 5.39 Å². The van der Waals surface area contributed by atoms with Gasteiger partial charge in [0.1, 0.15) is 5.75 Å². The predicted octanol–water partition coefficient (Wildman–Crippen LogP) is 3.96. The van der Waals surface area contributed by atoms with Gasteiger partial charge in [-0.2, -0.15) is 0 Å². The fraction of sp³-hybridized carbons (Fsp3) is 0.278. The highest BCUT2D eigenvalue weighted by molar-refractivity contribution is 5.90. The molecular formula is C18H16O2. The van der Waals surface area contributed by atoms with Crippen molar-refractivity contribution >= 4 is 16.7 Å². The second kappa shape index (κ2) is 4.48. The van der Waals surface area contributed by atoms with Crippen LogP contribution < -0.4 is 4.74 Å². The van der Waals surface area contributed by atoms with Crippen LogP contribution in [0.15, 0.2) is 54.6 Å². The van der Waals surface area contributed by atoms with Gasteiger partial charge in [-0.05, 0) is 36.1 Å². The molecule has 2 aromatic carbocycles. The Bertz CT molecular complexity index is 696. The van der Waals surface area contributed by atoms with Crippen molar-refractivity contribution in [1.29, 1.82) is 0 Å². The molecule has 0 saturated heterocycles. The molecule has 3 atom stereocenters. The van der Waals surface area contributed by atoms with Gasteiger partial charge in [0.15, 0.2) is 0 Å². The van der Waals surface area contributed by atoms with E-state index in [1.165, 1.54) is 0 Å². The zero-order chi connectivity index (χ0) is 13.5. The van der Waals surface area contributed by atoms with Crippen LogP contribution in [0.2, 0.25) is 0 Å². The fourth-order valence-electron chi connectivity index (χ4n) is 3.52. The van der Waals surface area contributed by atoms with E-state index in [1.54, 1.807) is 0 Å². The van der Waals surface area contributed by atoms with E-state index < -0.39 is 0 Å². The monoisotopic (exact) mass is 264 g/mol. The van der Waals surface area contributed by atoms with Crippen LogP contribution >= 0.6 is 0 Å². The predicted molar refractivity (Wildman–Crippen MR) is 78.4 cm³/mol. The van der Waals surface area contributed by atoms with E-state index in [9.17, 15) is 4.79 Å². The highest BCUT2D eigenvalue weighted by atomic mass is 16.5. The number of carbonyl (C=O) groups is 1. The summed E-state index contributed by atoms with van der Waals surface area (Å²) >= 11 is 0. The number of rotatable bonds is 2. The zero-order valence-electron chi connectivity index (χ0n) is 11.2. The van der Waals surface area contributed by atoms with Gasteiger partial charge in [0.25, 0.3) is 0 Å². The lowest BCUT2D eigenvalue weighted by atomic mass is 9.94. The molecule has 4 rings (SSSR count). The molecule has 0 radical (unpaired) electrons. The van der Waals surface area contributed by atoms with Crippen LogP contribution in [-0.4, -0.2) is 5.97 Å². The lowest BCUT2D eigenvalue weighted by Gasteiger charge is -2.17. The Morgan fingerprint density at radius 1 is 1.00 bits per heavy atom. The molecule has 0 amide bonds. The summed E-state index contributed by atoms with van der Waals surface area (Å²) in [6.07, 6.45) is 6.50. The summed E-state index contributed by atoms with van der Waals surface area (Å²) in [6, 6.07) is 13.8. The van der Waals surface area contributed by atoms with Crippen LogP contribution in [0.3, 0.4) is 0 Å². The van der Waals surface area contributed by atoms with Gasteiger partial charge in [0.2, 0.25) is 0 Å². The Morgan fingerprint density at radius 3 is 2.65 bits per heavy atom. The fourth-order valence-corrected chi connectivity index (χ4v) is 3.52. The molecule has 0 spiro atoms. The van der Waals surface area contributed by atoms with Crippen molar-refractivity contribution in [2.24, 2.45) is 17.8 Å². The molecule has 2 heteroatoms. The zero-order valence-corrected chi connectivity index (χ0v) is 11.2. The molecule has 0 N–H and O–H groups in total. The molecular weight excluding hydrogens is 248 g/mol. The number of ether oxygens (including phenoxy) is 1. The molecule has 1 fully saturated rings. The van der Waals surface area contributed by atoms with Gasteiger partial charge in [-0.15, -0.1) is 0 Å². The molecule has 2 bridgehead atoms. The first-order chi connectivity index (χ1) is 9.81. The number of esters is 1. The van der Waals surface area contributed by atoms with E-state index in [0.29, 0.717) is 17.6 Å². The van der Waals surface area contributed by atoms with Crippen molar-refractivity contribution in [3.05, 3.63) is 54.6 Å². The molecule has 2 aliphatic rings. The van der Waals surface area contributed by atoms with E-state index in [1.807, 2.05) is 42.5 Å². The Kier molecular flexibility index (Phi) is 2.62. The van der Waals surface area contributed by atoms with Crippen molar-refractivity contribution in [3.8, 4) is 5.75 Å². The maximum Gasteiger partial charge on any atom is 0.314 e. The van der Waals surface area contributed by atoms with Crippen LogP contribution in [0.1, 0.15) is 12.8 Å². The van der Waals surface area contributed by atoms with E-state index >= 15 is 0 Å². The minimum atomic E-state index is -0.0711. The van der Waals surface area contributed by atoms with Crippen LogP contribution in [0, 0.1) is 17.8 Å². The standard InChI is InChI=1S/C18H16O2/c19-18(16-11-12-8-9-14(16)10-12)20-17-7-3-5-13-4-1-2-6-15(13)17/h1-9,12,14,16H,10-11H2/t12-,14-,16+/m1/s1. The number of hydrogen-bond acceptors (Lipinski definition) is 2. The summed E-state index contributed by atoms with van der Waals surface area (Å²) in [6.45, 7) is 0. The third-order valence-corrected chi connectivity index (χ3v) is 4.54. The van der Waals surface area contributed by atoms with Crippen molar-refractivity contribution in [3.63, 3.8) is 0 Å². The molecule has 2 aliphatic carbocycles. The lowest BCUT2D eigenvalue weighted by molar-refractivity contribution is -0.139. The summed E-state index contributed by atoms with van der Waals surface area (Å²) in [4.78, 5) is 12.4. The van der Waals surface area contributed by atoms with Gasteiger partial charge >= 0.3 is 5.97 Å². The maximum atomic E-state index is 12.4. The number of fused-ring (bicyclic) bond motifs is 3. The highest BCUT2D eigenvalue weighted by Crippen LogP contribution is 2.44. The molecule has 0 aromatic heterocycles. The molecule has 0 heterocycles. The van der Waals surface area contributed by atoms with Gasteiger partial charge < -0.3 is 4.74 Å². The summed E-state index contributed by atoms with van der Waals surface area (Å²) in [7, 11) is 0. The molecule has 2 nitrogen and oxygen atoms in total. The summed E-state index contributed by atoms with van der Waals surface area (Å²) in [5.74, 6) is 1.63. The second-order valence-corrected chi connectivity index (χ2v) is 5.79. The Labute approximate surface area is 118 Å². The Hall–Kier alpha value is -2.09. The Morgan fingerprint density at radius 2 is 1.85 bits per heavy atom. The Balaban J connectivity index is 1.62. The van der Waals surface area contributed by atoms with Crippen LogP contribution in [0.4, 0.5) is 0 Å². The molecule has 2 aromatic rings. The van der Waals surface area contributed by atoms with Crippen molar-refractivity contribution < 1.29 is 9.53 Å². The average Bonchev–Trinajstić information content (AvgIpc) is 3.10. The molecule has 1 saturated carbocycles. The topological polar surface area (TPSA) is 26.3 Å². The van der Waals surface area contributed by atoms with E-state index in [-0.39, 0.29) is 11.9 Å². The van der Waals surface area contributed by atoms with Crippen LogP contribution in [0.5, 0.6) is 5.75 Å². The third-order valence-electron chi connectivity index (χ3n) is 4.54. The van der Waals surface area contributed by atoms with Crippen molar-refractivity contribution in [2.75, 3.05) is 0 Å². The van der Waals surface area contributed by atoms with E-state index in [4.69, 9.17) is 4.74 Å². The van der Waals surface area contributed by atoms with Crippen molar-refractivity contribution in [1.82, 2.24) is 0 Å². The quantitative estimate of drug-likeness (QED) is 0.466. The summed E-state index contributed by atoms with van der Waals surface area (Å²) in [5.41, 5.74) is 0. The van der Waals surface area contributed by atoms with Gasteiger partial charge in [-0.1, -0.05) is 48.6 Å². The molecule has 0 unspecified atom stereocenters. The van der Waals surface area contributed by atoms with Crippen LogP contribution in [0.25, 0.3) is 10.8 Å². The maximum absolute atomic E-state index is 12.4. The number of benzene rings is 2. The molecule has 100 valence electrons. The first-order valence-electron chi connectivity index (χ1n) is 7.19. The smallest absolute Gasteiger partial charge is 0.314 e. The van der Waals surface area contributed by atoms with E-state index in [2.05, 4.69) is 12.2 Å². The number of carbonyl (C=O) groups excluding carboxylic acids is 1. The second-order valence-electron chi connectivity index (χ2n) is 5.79. The van der Waals surface area contributed by atoms with Gasteiger partial charge in [0.05, 0.1) is 5.92 Å². The van der Waals surface area contributed by atoms with E-state index in [0.717, 1.165) is 23.6 Å². The SMILES string of the molecule is O=C(Oc1cccc2ccccc12)[C@H]1C[C@@H]2C=C[C@@H]1C2. The van der Waals surface area contributed by atoms with Crippen LogP contribution in [-0.2, 0) is 4.79 Å². The summed E-state index contributed by atoms with van der Waals surface area (Å²) in [5, 5.41) is 2.10. The number of allylic oxidation sites excluding steroid dienone is 2. The third kappa shape index (κ3) is 1.83. The minimum absolute atomic E-state index is 0.0453. The summed E-state index contributed by atoms with van der Waals surface area (Å²) < 4.78 is 5.69. The minimum Gasteiger partial charge on any atom is -0.426 e. The first kappa shape index (κ1) is 11.7. The normalized spacial score (nSPS) is 27.1. The highest BCUT2D eigenvalue weighted by Gasteiger charge is 2.41. The molecule has 20 heavy (non-hydrogen) atoms. The molecule has 0 aliphatic heterocycles. The first-order valence-corrected chi connectivity index (χ1v) is 7.19. The number of hydrogen-bond donors (Lipinski definition) is 0. The van der Waals surface area contributed by atoms with Crippen molar-refractivity contribution in [2.45, 2.75) is 12.8 Å². The van der Waals surface area contributed by atoms with Gasteiger partial charge in [-0.3, -0.25) is 4.79 Å². The largest absolute Gasteiger partial charge is 0.426 e. The lowest BCUT2D eigenvalue weighted by Crippen LogP contribution is -2.24.